The number of hydrogen-bond acceptors (Lipinski definition) is 7. The summed E-state index contributed by atoms with van der Waals surface area (Å²) in [6.07, 6.45) is 3.31. The fourth-order valence-electron chi connectivity index (χ4n) is 3.27. The number of hydrogen-bond donors (Lipinski definition) is 1. The molecule has 1 aromatic carbocycles. The number of nitrogens with zero attached hydrogens (tertiary/aromatic N) is 3. The molecule has 1 aromatic heterocycles. The fraction of sp³-hybridized carbons (Fsp3) is 0.444. The van der Waals surface area contributed by atoms with E-state index in [1.165, 1.54) is 0 Å². The van der Waals surface area contributed by atoms with Crippen molar-refractivity contribution in [2.45, 2.75) is 18.6 Å². The van der Waals surface area contributed by atoms with Gasteiger partial charge in [-0.1, -0.05) is 0 Å². The van der Waals surface area contributed by atoms with E-state index in [0.717, 1.165) is 49.0 Å². The number of methoxy groups -OCH3 is 1. The number of nitrogens with one attached hydrogen (secondary N) is 1. The average Bonchev–Trinajstić information content (AvgIpc) is 3.11. The van der Waals surface area contributed by atoms with E-state index in [0.29, 0.717) is 13.2 Å². The Morgan fingerprint density at radius 2 is 1.80 bits per heavy atom. The van der Waals surface area contributed by atoms with Crippen molar-refractivity contribution in [2.75, 3.05) is 43.6 Å². The minimum Gasteiger partial charge on any atom is -0.497 e. The molecule has 2 aromatic rings. The minimum absolute atomic E-state index is 0.367. The zero-order chi connectivity index (χ0) is 17.1. The molecule has 3 heterocycles. The Bertz CT molecular complexity index is 707. The third-order valence-corrected chi connectivity index (χ3v) is 4.68. The highest BCUT2D eigenvalue weighted by Crippen LogP contribution is 2.33. The van der Waals surface area contributed by atoms with Crippen molar-refractivity contribution in [3.8, 4) is 5.75 Å². The van der Waals surface area contributed by atoms with E-state index in [-0.39, 0.29) is 5.79 Å². The lowest BCUT2D eigenvalue weighted by molar-refractivity contribution is -0.169. The van der Waals surface area contributed by atoms with Gasteiger partial charge >= 0.3 is 0 Å². The largest absolute Gasteiger partial charge is 0.497 e. The maximum Gasteiger partial charge on any atom is 0.171 e. The Kier molecular flexibility index (Phi) is 4.42. The van der Waals surface area contributed by atoms with Crippen molar-refractivity contribution in [1.29, 1.82) is 0 Å². The van der Waals surface area contributed by atoms with Crippen molar-refractivity contribution >= 4 is 17.3 Å². The molecule has 1 N–H and O–H groups in total. The summed E-state index contributed by atoms with van der Waals surface area (Å²) in [6, 6.07) is 9.71. The van der Waals surface area contributed by atoms with Crippen molar-refractivity contribution in [3.63, 3.8) is 0 Å². The molecule has 0 radical (unpaired) electrons. The van der Waals surface area contributed by atoms with Gasteiger partial charge in [0.25, 0.3) is 0 Å². The molecule has 4 rings (SSSR count). The van der Waals surface area contributed by atoms with Crippen LogP contribution >= 0.6 is 0 Å². The van der Waals surface area contributed by atoms with E-state index < -0.39 is 0 Å². The van der Waals surface area contributed by atoms with Gasteiger partial charge in [-0.15, -0.1) is 0 Å². The predicted molar refractivity (Wildman–Crippen MR) is 94.4 cm³/mol. The van der Waals surface area contributed by atoms with Gasteiger partial charge in [-0.2, -0.15) is 0 Å². The third-order valence-electron chi connectivity index (χ3n) is 4.68. The number of aromatic nitrogens is 2. The van der Waals surface area contributed by atoms with E-state index in [9.17, 15) is 0 Å². The molecule has 0 amide bonds. The van der Waals surface area contributed by atoms with E-state index in [4.69, 9.17) is 14.2 Å². The molecule has 0 aliphatic carbocycles. The molecule has 0 bridgehead atoms. The first-order valence-corrected chi connectivity index (χ1v) is 8.52. The van der Waals surface area contributed by atoms with Crippen LogP contribution in [0, 0.1) is 0 Å². The maximum atomic E-state index is 5.78. The fourth-order valence-corrected chi connectivity index (χ4v) is 3.27. The molecule has 25 heavy (non-hydrogen) atoms. The van der Waals surface area contributed by atoms with Gasteiger partial charge in [-0.3, -0.25) is 0 Å². The summed E-state index contributed by atoms with van der Waals surface area (Å²) < 4.78 is 16.7. The lowest BCUT2D eigenvalue weighted by Crippen LogP contribution is -2.45. The quantitative estimate of drug-likeness (QED) is 0.916. The Morgan fingerprint density at radius 3 is 2.48 bits per heavy atom. The van der Waals surface area contributed by atoms with Gasteiger partial charge in [0.05, 0.1) is 20.3 Å². The Morgan fingerprint density at radius 1 is 1.08 bits per heavy atom. The minimum atomic E-state index is -0.367. The van der Waals surface area contributed by atoms with Crippen LogP contribution in [0.25, 0.3) is 0 Å². The molecule has 0 atom stereocenters. The van der Waals surface area contributed by atoms with Gasteiger partial charge in [0, 0.05) is 37.7 Å². The van der Waals surface area contributed by atoms with Crippen molar-refractivity contribution in [1.82, 2.24) is 9.97 Å². The molecule has 132 valence electrons. The van der Waals surface area contributed by atoms with E-state index in [1.54, 1.807) is 13.4 Å². The zero-order valence-electron chi connectivity index (χ0n) is 14.3. The molecular formula is C18H22N4O3. The number of anilines is 3. The van der Waals surface area contributed by atoms with Crippen LogP contribution in [0.3, 0.4) is 0 Å². The van der Waals surface area contributed by atoms with Gasteiger partial charge in [0.15, 0.2) is 5.79 Å². The third kappa shape index (κ3) is 3.52. The Hall–Kier alpha value is -2.38. The van der Waals surface area contributed by atoms with Gasteiger partial charge in [-0.25, -0.2) is 9.97 Å². The number of ether oxygens (including phenoxy) is 3. The molecule has 1 spiro atoms. The molecule has 2 saturated heterocycles. The number of rotatable bonds is 4. The van der Waals surface area contributed by atoms with Crippen LogP contribution in [-0.4, -0.2) is 49.2 Å². The molecule has 2 aliphatic heterocycles. The van der Waals surface area contributed by atoms with Gasteiger partial charge in [-0.05, 0) is 24.3 Å². The SMILES string of the molecule is COc1ccc(Nc2cc(N3CCC4(CC3)OCCO4)ncn2)cc1. The standard InChI is InChI=1S/C18H22N4O3/c1-23-15-4-2-14(3-5-15)21-16-12-17(20-13-19-16)22-8-6-18(7-9-22)24-10-11-25-18/h2-5,12-13H,6-11H2,1H3,(H,19,20,21). The number of benzene rings is 1. The molecule has 2 aliphatic rings. The summed E-state index contributed by atoms with van der Waals surface area (Å²) in [5.74, 6) is 2.14. The summed E-state index contributed by atoms with van der Waals surface area (Å²) >= 11 is 0. The summed E-state index contributed by atoms with van der Waals surface area (Å²) in [6.45, 7) is 3.12. The van der Waals surface area contributed by atoms with Gasteiger partial charge in [0.1, 0.15) is 23.7 Å². The highest BCUT2D eigenvalue weighted by atomic mass is 16.7. The van der Waals surface area contributed by atoms with Crippen molar-refractivity contribution in [3.05, 3.63) is 36.7 Å². The topological polar surface area (TPSA) is 68.7 Å². The maximum absolute atomic E-state index is 5.78. The Balaban J connectivity index is 1.42. The molecule has 7 nitrogen and oxygen atoms in total. The average molecular weight is 342 g/mol. The second-order valence-corrected chi connectivity index (χ2v) is 6.21. The van der Waals surface area contributed by atoms with Crippen molar-refractivity contribution < 1.29 is 14.2 Å². The first kappa shape index (κ1) is 16.1. The first-order chi connectivity index (χ1) is 12.3. The van der Waals surface area contributed by atoms with Crippen LogP contribution in [-0.2, 0) is 9.47 Å². The molecule has 0 saturated carbocycles. The highest BCUT2D eigenvalue weighted by Gasteiger charge is 2.40. The van der Waals surface area contributed by atoms with Crippen LogP contribution in [0.15, 0.2) is 36.7 Å². The van der Waals surface area contributed by atoms with E-state index in [2.05, 4.69) is 20.2 Å². The summed E-state index contributed by atoms with van der Waals surface area (Å²) in [5, 5.41) is 3.30. The number of piperidine rings is 1. The van der Waals surface area contributed by atoms with Gasteiger partial charge < -0.3 is 24.4 Å². The first-order valence-electron chi connectivity index (χ1n) is 8.52. The van der Waals surface area contributed by atoms with Gasteiger partial charge in [0.2, 0.25) is 0 Å². The second kappa shape index (κ2) is 6.85. The monoisotopic (exact) mass is 342 g/mol. The normalized spacial score (nSPS) is 19.2. The smallest absolute Gasteiger partial charge is 0.171 e. The Labute approximate surface area is 146 Å². The van der Waals surface area contributed by atoms with Crippen LogP contribution in [0.1, 0.15) is 12.8 Å². The van der Waals surface area contributed by atoms with Crippen LogP contribution < -0.4 is 15.0 Å². The van der Waals surface area contributed by atoms with Crippen LogP contribution in [0.2, 0.25) is 0 Å². The van der Waals surface area contributed by atoms with Crippen LogP contribution in [0.5, 0.6) is 5.75 Å². The van der Waals surface area contributed by atoms with Crippen LogP contribution in [0.4, 0.5) is 17.3 Å². The highest BCUT2D eigenvalue weighted by molar-refractivity contribution is 5.60. The molecule has 2 fully saturated rings. The molecule has 7 heteroatoms. The lowest BCUT2D eigenvalue weighted by atomic mass is 10.0. The summed E-state index contributed by atoms with van der Waals surface area (Å²) in [7, 11) is 1.66. The predicted octanol–water partition coefficient (Wildman–Crippen LogP) is 2.57. The lowest BCUT2D eigenvalue weighted by Gasteiger charge is -2.38. The van der Waals surface area contributed by atoms with E-state index in [1.807, 2.05) is 30.3 Å². The molecular weight excluding hydrogens is 320 g/mol. The van der Waals surface area contributed by atoms with Crippen molar-refractivity contribution in [2.24, 2.45) is 0 Å². The summed E-state index contributed by atoms with van der Waals surface area (Å²) in [4.78, 5) is 11.0. The second-order valence-electron chi connectivity index (χ2n) is 6.21. The summed E-state index contributed by atoms with van der Waals surface area (Å²) in [5.41, 5.74) is 0.954. The zero-order valence-corrected chi connectivity index (χ0v) is 14.3. The molecule has 0 unspecified atom stereocenters. The van der Waals surface area contributed by atoms with E-state index >= 15 is 0 Å².